The highest BCUT2D eigenvalue weighted by molar-refractivity contribution is 6.30. The predicted octanol–water partition coefficient (Wildman–Crippen LogP) is 2.94. The summed E-state index contributed by atoms with van der Waals surface area (Å²) in [5.41, 5.74) is 1.47. The third-order valence-corrected chi connectivity index (χ3v) is 5.35. The van der Waals surface area contributed by atoms with Crippen LogP contribution in [0.4, 0.5) is 0 Å². The number of piperidine rings is 1. The summed E-state index contributed by atoms with van der Waals surface area (Å²) in [6, 6.07) is 16.0. The Morgan fingerprint density at radius 1 is 1.14 bits per heavy atom. The van der Waals surface area contributed by atoms with Crippen molar-refractivity contribution in [3.63, 3.8) is 0 Å². The van der Waals surface area contributed by atoms with Gasteiger partial charge in [0.05, 0.1) is 0 Å². The first-order valence-corrected chi connectivity index (χ1v) is 10.0. The molecule has 1 aliphatic heterocycles. The van der Waals surface area contributed by atoms with Crippen LogP contribution in [0.2, 0.25) is 5.02 Å². The molecule has 0 bridgehead atoms. The van der Waals surface area contributed by atoms with Gasteiger partial charge in [-0.25, -0.2) is 0 Å². The summed E-state index contributed by atoms with van der Waals surface area (Å²) in [5, 5.41) is 9.96. The molecule has 0 radical (unpaired) electrons. The third-order valence-electron chi connectivity index (χ3n) is 5.10. The van der Waals surface area contributed by atoms with Crippen molar-refractivity contribution in [3.8, 4) is 0 Å². The Labute approximate surface area is 170 Å². The number of carbonyl (C=O) groups is 2. The van der Waals surface area contributed by atoms with E-state index in [0.29, 0.717) is 17.0 Å². The molecule has 6 heteroatoms. The Morgan fingerprint density at radius 3 is 2.54 bits per heavy atom. The van der Waals surface area contributed by atoms with Crippen LogP contribution in [0.3, 0.4) is 0 Å². The smallest absolute Gasteiger partial charge is 0.251 e. The minimum absolute atomic E-state index is 0.0620. The normalized spacial score (nSPS) is 20.2. The summed E-state index contributed by atoms with van der Waals surface area (Å²) < 4.78 is 0. The summed E-state index contributed by atoms with van der Waals surface area (Å²) >= 11 is 5.90. The molecule has 3 unspecified atom stereocenters. The van der Waals surface area contributed by atoms with Gasteiger partial charge in [-0.05, 0) is 56.1 Å². The molecule has 28 heavy (non-hydrogen) atoms. The van der Waals surface area contributed by atoms with Crippen molar-refractivity contribution in [3.05, 3.63) is 70.7 Å². The molecular formula is C22H26ClN3O2. The zero-order valence-corrected chi connectivity index (χ0v) is 16.7. The molecule has 1 aliphatic rings. The molecule has 2 aromatic carbocycles. The van der Waals surface area contributed by atoms with Crippen molar-refractivity contribution in [1.82, 2.24) is 16.0 Å². The lowest BCUT2D eigenvalue weighted by molar-refractivity contribution is -0.124. The Kier molecular flexibility index (Phi) is 7.06. The van der Waals surface area contributed by atoms with Gasteiger partial charge >= 0.3 is 0 Å². The van der Waals surface area contributed by atoms with Crippen LogP contribution in [-0.4, -0.2) is 36.5 Å². The zero-order valence-electron chi connectivity index (χ0n) is 16.0. The van der Waals surface area contributed by atoms with Gasteiger partial charge in [0.1, 0.15) is 6.04 Å². The Morgan fingerprint density at radius 2 is 1.86 bits per heavy atom. The van der Waals surface area contributed by atoms with Gasteiger partial charge < -0.3 is 16.0 Å². The van der Waals surface area contributed by atoms with E-state index in [1.165, 1.54) is 0 Å². The van der Waals surface area contributed by atoms with Gasteiger partial charge in [0.2, 0.25) is 5.91 Å². The van der Waals surface area contributed by atoms with Crippen LogP contribution >= 0.6 is 11.6 Å². The Hall–Kier alpha value is -2.37. The molecule has 1 fully saturated rings. The molecular weight excluding hydrogens is 374 g/mol. The molecule has 3 rings (SSSR count). The first kappa shape index (κ1) is 20.4. The minimum atomic E-state index is -0.653. The highest BCUT2D eigenvalue weighted by Crippen LogP contribution is 2.12. The lowest BCUT2D eigenvalue weighted by Gasteiger charge is -2.32. The van der Waals surface area contributed by atoms with E-state index in [-0.39, 0.29) is 23.9 Å². The SMILES string of the molecule is CC1NCCCC1NC(=O)C(Cc1ccccc1)NC(=O)c1ccc(Cl)cc1. The second-order valence-electron chi connectivity index (χ2n) is 7.22. The van der Waals surface area contributed by atoms with E-state index in [4.69, 9.17) is 11.6 Å². The minimum Gasteiger partial charge on any atom is -0.350 e. The van der Waals surface area contributed by atoms with E-state index in [1.54, 1.807) is 24.3 Å². The van der Waals surface area contributed by atoms with Crippen LogP contribution in [-0.2, 0) is 11.2 Å². The van der Waals surface area contributed by atoms with Gasteiger partial charge in [0, 0.05) is 29.1 Å². The Balaban J connectivity index is 1.73. The number of halogens is 1. The van der Waals surface area contributed by atoms with Gasteiger partial charge in [-0.2, -0.15) is 0 Å². The van der Waals surface area contributed by atoms with Gasteiger partial charge in [-0.15, -0.1) is 0 Å². The van der Waals surface area contributed by atoms with Gasteiger partial charge in [0.25, 0.3) is 5.91 Å². The second kappa shape index (κ2) is 9.71. The molecule has 148 valence electrons. The number of rotatable bonds is 6. The maximum absolute atomic E-state index is 13.0. The first-order chi connectivity index (χ1) is 13.5. The maximum Gasteiger partial charge on any atom is 0.251 e. The maximum atomic E-state index is 13.0. The zero-order chi connectivity index (χ0) is 19.9. The van der Waals surface area contributed by atoms with E-state index < -0.39 is 6.04 Å². The Bertz CT molecular complexity index is 795. The number of hydrogen-bond acceptors (Lipinski definition) is 3. The molecule has 1 heterocycles. The third kappa shape index (κ3) is 5.57. The number of benzene rings is 2. The van der Waals surface area contributed by atoms with Crippen LogP contribution in [0.25, 0.3) is 0 Å². The fourth-order valence-corrected chi connectivity index (χ4v) is 3.55. The van der Waals surface area contributed by atoms with Crippen molar-refractivity contribution >= 4 is 23.4 Å². The molecule has 0 spiro atoms. The standard InChI is InChI=1S/C22H26ClN3O2/c1-15-19(8-5-13-24-15)25-22(28)20(14-16-6-3-2-4-7-16)26-21(27)17-9-11-18(23)12-10-17/h2-4,6-7,9-12,15,19-20,24H,5,8,13-14H2,1H3,(H,25,28)(H,26,27). The fourth-order valence-electron chi connectivity index (χ4n) is 3.43. The molecule has 1 saturated heterocycles. The van der Waals surface area contributed by atoms with Crippen LogP contribution in [0.5, 0.6) is 0 Å². The summed E-state index contributed by atoms with van der Waals surface area (Å²) in [4.78, 5) is 25.7. The van der Waals surface area contributed by atoms with Crippen LogP contribution in [0.15, 0.2) is 54.6 Å². The van der Waals surface area contributed by atoms with Crippen molar-refractivity contribution < 1.29 is 9.59 Å². The van der Waals surface area contributed by atoms with Gasteiger partial charge in [-0.3, -0.25) is 9.59 Å². The number of hydrogen-bond donors (Lipinski definition) is 3. The molecule has 5 nitrogen and oxygen atoms in total. The van der Waals surface area contributed by atoms with Crippen molar-refractivity contribution in [2.24, 2.45) is 0 Å². The highest BCUT2D eigenvalue weighted by Gasteiger charge is 2.27. The van der Waals surface area contributed by atoms with Crippen molar-refractivity contribution in [2.75, 3.05) is 6.54 Å². The van der Waals surface area contributed by atoms with Crippen LogP contribution < -0.4 is 16.0 Å². The van der Waals surface area contributed by atoms with E-state index in [2.05, 4.69) is 22.9 Å². The van der Waals surface area contributed by atoms with Crippen molar-refractivity contribution in [2.45, 2.75) is 44.3 Å². The number of carbonyl (C=O) groups excluding carboxylic acids is 2. The molecule has 2 amide bonds. The summed E-state index contributed by atoms with van der Waals surface area (Å²) in [7, 11) is 0. The lowest BCUT2D eigenvalue weighted by atomic mass is 9.98. The molecule has 3 atom stereocenters. The topological polar surface area (TPSA) is 70.2 Å². The summed E-state index contributed by atoms with van der Waals surface area (Å²) in [5.74, 6) is -0.450. The van der Waals surface area contributed by atoms with Crippen LogP contribution in [0.1, 0.15) is 35.7 Å². The quantitative estimate of drug-likeness (QED) is 0.699. The van der Waals surface area contributed by atoms with Crippen molar-refractivity contribution in [1.29, 1.82) is 0 Å². The molecule has 3 N–H and O–H groups in total. The molecule has 0 saturated carbocycles. The first-order valence-electron chi connectivity index (χ1n) is 9.67. The number of amides is 2. The fraction of sp³-hybridized carbons (Fsp3) is 0.364. The largest absolute Gasteiger partial charge is 0.350 e. The predicted molar refractivity (Wildman–Crippen MR) is 111 cm³/mol. The van der Waals surface area contributed by atoms with E-state index in [9.17, 15) is 9.59 Å². The van der Waals surface area contributed by atoms with E-state index in [0.717, 1.165) is 24.9 Å². The average Bonchev–Trinajstić information content (AvgIpc) is 2.70. The molecule has 0 aromatic heterocycles. The van der Waals surface area contributed by atoms with Gasteiger partial charge in [0.15, 0.2) is 0 Å². The molecule has 2 aromatic rings. The van der Waals surface area contributed by atoms with E-state index in [1.807, 2.05) is 30.3 Å². The number of nitrogens with one attached hydrogen (secondary N) is 3. The molecule has 0 aliphatic carbocycles. The average molecular weight is 400 g/mol. The van der Waals surface area contributed by atoms with Gasteiger partial charge in [-0.1, -0.05) is 41.9 Å². The monoisotopic (exact) mass is 399 g/mol. The lowest BCUT2D eigenvalue weighted by Crippen LogP contribution is -2.57. The highest BCUT2D eigenvalue weighted by atomic mass is 35.5. The second-order valence-corrected chi connectivity index (χ2v) is 7.66. The van der Waals surface area contributed by atoms with E-state index >= 15 is 0 Å². The summed E-state index contributed by atoms with van der Waals surface area (Å²) in [6.45, 7) is 3.04. The van der Waals surface area contributed by atoms with Crippen LogP contribution in [0, 0.1) is 0 Å². The summed E-state index contributed by atoms with van der Waals surface area (Å²) in [6.07, 6.45) is 2.39.